The number of carbonyl (C=O) groups excluding carboxylic acids is 10. The van der Waals surface area contributed by atoms with Crippen LogP contribution in [0.3, 0.4) is 0 Å². The molecule has 0 aromatic heterocycles. The number of carbonyl (C=O) groups is 10. The number of hydrogen-bond acceptors (Lipinski definition) is 28. The van der Waals surface area contributed by atoms with E-state index < -0.39 is 206 Å². The summed E-state index contributed by atoms with van der Waals surface area (Å²) in [5.41, 5.74) is 8.74. The fraction of sp³-hybridized carbons (Fsp3) is 0.477. The van der Waals surface area contributed by atoms with E-state index in [9.17, 15) is 135 Å². The summed E-state index contributed by atoms with van der Waals surface area (Å²) in [5.74, 6) is -25.9. The lowest BCUT2D eigenvalue weighted by Gasteiger charge is -2.35. The zero-order valence-corrected chi connectivity index (χ0v) is 81.5. The van der Waals surface area contributed by atoms with Crippen molar-refractivity contribution >= 4 is 241 Å². The fourth-order valence-corrected chi connectivity index (χ4v) is 18.0. The van der Waals surface area contributed by atoms with E-state index in [1.807, 2.05) is 0 Å². The maximum Gasteiger partial charge on any atom is 0.391 e. The number of Topliss-reactive ketones (excluding diaryl/α,β-unsaturated/α-hetero) is 4. The summed E-state index contributed by atoms with van der Waals surface area (Å²) >= 11 is 0. The van der Waals surface area contributed by atoms with Crippen LogP contribution in [0.25, 0.3) is 0 Å². The third kappa shape index (κ3) is 31.2. The van der Waals surface area contributed by atoms with Crippen molar-refractivity contribution in [2.45, 2.75) is 212 Å². The summed E-state index contributed by atoms with van der Waals surface area (Å²) in [6, 6.07) is 19.3. The number of esters is 6. The molecule has 9 rings (SSSR count). The van der Waals surface area contributed by atoms with Crippen LogP contribution in [0.2, 0.25) is 0 Å². The Labute approximate surface area is 865 Å². The van der Waals surface area contributed by atoms with Crippen molar-refractivity contribution in [1.29, 1.82) is 0 Å². The molecule has 0 amide bonds. The Morgan fingerprint density at radius 2 is 0.445 bits per heavy atom. The van der Waals surface area contributed by atoms with Crippen molar-refractivity contribution < 1.29 is 163 Å². The van der Waals surface area contributed by atoms with Crippen molar-refractivity contribution in [2.24, 2.45) is 47.3 Å². The molecule has 58 heteroatoms. The number of ketones is 4. The number of hydrogen-bond donors (Lipinski definition) is 0. The lowest BCUT2D eigenvalue weighted by Crippen LogP contribution is -2.48. The highest BCUT2D eigenvalue weighted by Gasteiger charge is 2.57. The largest absolute Gasteiger partial charge is 0.743 e. The average Bonchev–Trinajstić information content (AvgIpc) is 1.05. The first-order chi connectivity index (χ1) is 68.2. The van der Waals surface area contributed by atoms with Crippen LogP contribution in [0.5, 0.6) is 34.5 Å². The third-order valence-electron chi connectivity index (χ3n) is 24.1. The van der Waals surface area contributed by atoms with Crippen LogP contribution in [-0.4, -0.2) is 273 Å². The van der Waals surface area contributed by atoms with Gasteiger partial charge in [-0.25, -0.2) is 33.7 Å². The molecule has 36 radical (unpaired) electrons. The van der Waals surface area contributed by atoms with Gasteiger partial charge in [-0.15, -0.1) is 0 Å². The van der Waals surface area contributed by atoms with E-state index >= 15 is 0 Å². The quantitative estimate of drug-likeness (QED) is 0.0174. The number of benzene rings is 6. The molecule has 0 N–H and O–H groups in total. The molecule has 5 atom stereocenters. The topological polar surface area (TPSA) is 455 Å². The molecule has 6 aromatic carbocycles. The van der Waals surface area contributed by atoms with Gasteiger partial charge in [0.15, 0.2) is 40.5 Å². The van der Waals surface area contributed by atoms with Crippen LogP contribution in [0, 0.1) is 47.3 Å². The smallest absolute Gasteiger partial charge is 0.391 e. The SMILES string of the molecule is [B]Cc1cc(C[B])c(OC(=O)C2CC(C(=O)Oc3c(C[B])cc(C[B])cc3C[B])CC(C(=O)C(F)(F)S(=O)(=O)[O-])C2)c(C[B])c1.[B]Cc1cc(C[B])c(OC(=O)C2CCC(C(=O)C(F)(F)S(=O)(=O)[O-])C(C(=O)Oc3c(C[B])cc(C[B])cc3C[B])C2)c(C[B])c1.[B]Cc1cc(C[B])c(OC(=O)C2CCC(C(=O)C(F)(F)S(=O)(=O)[O-])CC2)c(C[B])c1.[B]Cc1cc(C[B])c(OC(=O)CCC(=O)C(F)(F)S(=O)(=O)[O-])c(C[B])c1. The van der Waals surface area contributed by atoms with Gasteiger partial charge >= 0.3 is 56.8 Å². The van der Waals surface area contributed by atoms with Crippen molar-refractivity contribution in [3.8, 4) is 34.5 Å². The van der Waals surface area contributed by atoms with Gasteiger partial charge in [0.2, 0.25) is 23.1 Å². The Balaban J connectivity index is 0.000000305. The van der Waals surface area contributed by atoms with E-state index in [2.05, 4.69) is 0 Å². The summed E-state index contributed by atoms with van der Waals surface area (Å²) in [7, 11) is 78.1. The van der Waals surface area contributed by atoms with Gasteiger partial charge in [0, 0.05) is 24.2 Å². The number of rotatable bonds is 43. The van der Waals surface area contributed by atoms with Crippen LogP contribution in [0.1, 0.15) is 177 Å². The number of halogens is 8. The monoisotopic (exact) mass is 2060 g/mol. The molecule has 146 heavy (non-hydrogen) atoms. The second-order valence-corrected chi connectivity index (χ2v) is 39.4. The minimum absolute atomic E-state index is 0.00223. The van der Waals surface area contributed by atoms with E-state index in [0.717, 1.165) is 5.56 Å². The Bertz CT molecular complexity index is 6040. The Morgan fingerprint density at radius 3 is 0.692 bits per heavy atom. The van der Waals surface area contributed by atoms with Crippen LogP contribution in [-0.2, 0) is 202 Å². The van der Waals surface area contributed by atoms with Gasteiger partial charge in [-0.2, -0.15) is 35.1 Å². The maximum absolute atomic E-state index is 14.5. The molecule has 0 spiro atoms. The molecule has 0 saturated heterocycles. The Hall–Kier alpha value is -8.93. The van der Waals surface area contributed by atoms with E-state index in [1.54, 1.807) is 72.8 Å². The molecule has 0 bridgehead atoms. The molecule has 5 unspecified atom stereocenters. The molecule has 3 fully saturated rings. The summed E-state index contributed by atoms with van der Waals surface area (Å²) in [6.45, 7) is 0. The van der Waals surface area contributed by atoms with Crippen LogP contribution < -0.4 is 28.4 Å². The normalized spacial score (nSPS) is 17.8. The van der Waals surface area contributed by atoms with Gasteiger partial charge in [0.1, 0.15) is 34.5 Å². The summed E-state index contributed by atoms with van der Waals surface area (Å²) in [5, 5.41) is -20.7. The predicted octanol–water partition coefficient (Wildman–Crippen LogP) is 3.09. The maximum atomic E-state index is 14.5. The second kappa shape index (κ2) is 54.7. The van der Waals surface area contributed by atoms with Gasteiger partial charge in [0.05, 0.1) is 177 Å². The highest BCUT2D eigenvalue weighted by Crippen LogP contribution is 2.46. The summed E-state index contributed by atoms with van der Waals surface area (Å²) < 4.78 is 275. The molecule has 0 heterocycles. The molecule has 3 aliphatic carbocycles. The highest BCUT2D eigenvalue weighted by atomic mass is 32.2. The molecule has 28 nitrogen and oxygen atoms in total. The zero-order chi connectivity index (χ0) is 110. The first-order valence-electron chi connectivity index (χ1n) is 44.5. The van der Waals surface area contributed by atoms with Crippen molar-refractivity contribution in [3.05, 3.63) is 173 Å². The Kier molecular flexibility index (Phi) is 47.1. The van der Waals surface area contributed by atoms with E-state index in [0.29, 0.717) is 94.6 Å². The number of alkyl halides is 8. The fourth-order valence-electron chi connectivity index (χ4n) is 16.4. The molecule has 738 valence electrons. The molecular weight excluding hydrogens is 1980 g/mol. The summed E-state index contributed by atoms with van der Waals surface area (Å²) in [4.78, 5) is 127. The van der Waals surface area contributed by atoms with Gasteiger partial charge in [-0.05, 0) is 131 Å². The average molecular weight is 2060 g/mol. The van der Waals surface area contributed by atoms with E-state index in [4.69, 9.17) is 170 Å². The van der Waals surface area contributed by atoms with Gasteiger partial charge in [-0.1, -0.05) is 220 Å². The van der Waals surface area contributed by atoms with Crippen molar-refractivity contribution in [3.63, 3.8) is 0 Å². The van der Waals surface area contributed by atoms with Crippen molar-refractivity contribution in [1.82, 2.24) is 0 Å². The lowest BCUT2D eigenvalue weighted by molar-refractivity contribution is -0.155. The van der Waals surface area contributed by atoms with E-state index in [-0.39, 0.29) is 187 Å². The van der Waals surface area contributed by atoms with Crippen LogP contribution >= 0.6 is 0 Å². The standard InChI is InChI=1S/2C28H26B6F2O8S.C18H19B3F2O6S.C14H13B3F2O6S/c29-8-14-1-19(10-31)23(20(2-14)11-32)43-26(38)17-5-16(25(37)28(35,36)45(40,41)42)6-18(7-17)27(39)44-24-21(12-33)3-15(9-30)4-22(24)13-34;29-8-14-3-17(10-31)23(18(4-14)11-32)43-26(38)16-1-2-21(25(37)28(35,36)45(40,41)42)22(7-16)27(39)44-24-19(12-33)5-15(9-30)6-20(24)13-34;19-7-10-5-13(8-20)15(14(6-10)9-21)29-17(25)12-3-1-11(2-4-12)16(24)18(22,23)30(26,27)28;15-5-8-3-9(6-16)13(10(4-8)7-17)25-12(21)2-1-11(20)14(18,19)26(22,23)24/h1-4,16-18H,5-13H2,(H,40,41,42);3-6,16,21-22H,1-2,7-13H2,(H,40,41,42);5-6,11-12H,1-4,7-9H2,(H,26,27,28);3-4H,1-2,5-7H2,(H,22,23,24)/p-4. The lowest BCUT2D eigenvalue weighted by atomic mass is 9.72. The van der Waals surface area contributed by atoms with Crippen LogP contribution in [0.15, 0.2) is 72.8 Å². The van der Waals surface area contributed by atoms with Gasteiger partial charge in [0.25, 0.3) is 0 Å². The molecular formula is C88H80B18F8O28S4-4. The first kappa shape index (κ1) is 126. The zero-order valence-electron chi connectivity index (χ0n) is 78.2. The Morgan fingerprint density at radius 1 is 0.240 bits per heavy atom. The molecule has 0 aliphatic heterocycles. The third-order valence-corrected chi connectivity index (χ3v) is 27.4. The second-order valence-electron chi connectivity index (χ2n) is 33.7. The highest BCUT2D eigenvalue weighted by molar-refractivity contribution is 7.88. The van der Waals surface area contributed by atoms with Crippen LogP contribution in [0.4, 0.5) is 35.1 Å². The molecule has 3 saturated carbocycles. The minimum Gasteiger partial charge on any atom is -0.743 e. The van der Waals surface area contributed by atoms with Gasteiger partial charge in [-0.3, -0.25) is 47.9 Å². The minimum atomic E-state index is -6.43. The first-order valence-corrected chi connectivity index (χ1v) is 50.2. The van der Waals surface area contributed by atoms with Crippen molar-refractivity contribution in [2.75, 3.05) is 0 Å². The predicted molar refractivity (Wildman–Crippen MR) is 525 cm³/mol. The summed E-state index contributed by atoms with van der Waals surface area (Å²) in [6.07, 6.45) is -5.04. The number of ether oxygens (including phenoxy) is 6. The van der Waals surface area contributed by atoms with Gasteiger partial charge < -0.3 is 46.6 Å². The molecule has 6 aromatic rings. The molecule has 3 aliphatic rings. The van der Waals surface area contributed by atoms with E-state index in [1.165, 1.54) is 0 Å².